The molecule has 0 amide bonds. The van der Waals surface area contributed by atoms with E-state index in [-0.39, 0.29) is 5.92 Å². The van der Waals surface area contributed by atoms with Crippen LogP contribution < -0.4 is 10.1 Å². The first-order valence-corrected chi connectivity index (χ1v) is 9.60. The van der Waals surface area contributed by atoms with Crippen molar-refractivity contribution in [1.29, 1.82) is 0 Å². The van der Waals surface area contributed by atoms with Gasteiger partial charge in [-0.1, -0.05) is 37.2 Å². The van der Waals surface area contributed by atoms with Gasteiger partial charge >= 0.3 is 0 Å². The molecule has 0 unspecified atom stereocenters. The average Bonchev–Trinajstić information content (AvgIpc) is 3.14. The largest absolute Gasteiger partial charge is 0.492 e. The van der Waals surface area contributed by atoms with E-state index in [0.717, 1.165) is 43.5 Å². The van der Waals surface area contributed by atoms with Crippen molar-refractivity contribution in [2.24, 2.45) is 4.99 Å². The van der Waals surface area contributed by atoms with E-state index in [1.54, 1.807) is 0 Å². The molecule has 0 aliphatic rings. The predicted molar refractivity (Wildman–Crippen MR) is 107 cm³/mol. The molecular weight excluding hydrogens is 342 g/mol. The summed E-state index contributed by atoms with van der Waals surface area (Å²) in [5, 5.41) is 7.31. The molecule has 0 radical (unpaired) electrons. The first-order chi connectivity index (χ1) is 13.1. The fourth-order valence-corrected chi connectivity index (χ4v) is 2.41. The minimum Gasteiger partial charge on any atom is -0.492 e. The number of nitrogens with zero attached hydrogens (tertiary/aromatic N) is 4. The normalized spacial score (nSPS) is 11.7. The van der Waals surface area contributed by atoms with Gasteiger partial charge < -0.3 is 19.5 Å². The maximum atomic E-state index is 5.76. The first-order valence-electron chi connectivity index (χ1n) is 9.60. The molecular formula is C20H31N5O2. The number of guanidine groups is 1. The number of hydrogen-bond acceptors (Lipinski definition) is 5. The molecule has 1 heterocycles. The zero-order chi connectivity index (χ0) is 19.5. The van der Waals surface area contributed by atoms with Crippen LogP contribution in [0.4, 0.5) is 0 Å². The SMILES string of the molecule is CCNC(=NCCCc1nc(C(C)C)no1)N(C)CCOc1ccccc1. The van der Waals surface area contributed by atoms with Crippen LogP contribution in [0.25, 0.3) is 0 Å². The molecule has 0 aliphatic carbocycles. The third-order valence-electron chi connectivity index (χ3n) is 3.95. The van der Waals surface area contributed by atoms with Crippen molar-refractivity contribution in [3.05, 3.63) is 42.0 Å². The Kier molecular flexibility index (Phi) is 8.61. The van der Waals surface area contributed by atoms with Crippen LogP contribution in [-0.2, 0) is 6.42 Å². The van der Waals surface area contributed by atoms with Crippen LogP contribution in [0.2, 0.25) is 0 Å². The second-order valence-electron chi connectivity index (χ2n) is 6.62. The smallest absolute Gasteiger partial charge is 0.226 e. The number of para-hydroxylation sites is 1. The van der Waals surface area contributed by atoms with Crippen molar-refractivity contribution in [1.82, 2.24) is 20.4 Å². The minimum atomic E-state index is 0.285. The number of aryl methyl sites for hydroxylation is 1. The van der Waals surface area contributed by atoms with Crippen molar-refractivity contribution in [2.45, 2.75) is 39.5 Å². The maximum absolute atomic E-state index is 5.76. The highest BCUT2D eigenvalue weighted by atomic mass is 16.5. The molecule has 1 aromatic heterocycles. The highest BCUT2D eigenvalue weighted by molar-refractivity contribution is 5.79. The molecule has 0 fully saturated rings. The Morgan fingerprint density at radius 2 is 2.07 bits per heavy atom. The van der Waals surface area contributed by atoms with Gasteiger partial charge in [0.1, 0.15) is 12.4 Å². The van der Waals surface area contributed by atoms with Gasteiger partial charge in [0.2, 0.25) is 5.89 Å². The van der Waals surface area contributed by atoms with Gasteiger partial charge in [-0.3, -0.25) is 4.99 Å². The zero-order valence-electron chi connectivity index (χ0n) is 16.8. The number of hydrogen-bond donors (Lipinski definition) is 1. The lowest BCUT2D eigenvalue weighted by molar-refractivity contribution is 0.281. The van der Waals surface area contributed by atoms with E-state index < -0.39 is 0 Å². The van der Waals surface area contributed by atoms with Crippen molar-refractivity contribution < 1.29 is 9.26 Å². The summed E-state index contributed by atoms with van der Waals surface area (Å²) in [7, 11) is 2.02. The van der Waals surface area contributed by atoms with Gasteiger partial charge in [0.15, 0.2) is 11.8 Å². The Balaban J connectivity index is 1.76. The van der Waals surface area contributed by atoms with Gasteiger partial charge in [0.05, 0.1) is 6.54 Å². The average molecular weight is 374 g/mol. The molecule has 0 spiro atoms. The molecule has 7 nitrogen and oxygen atoms in total. The van der Waals surface area contributed by atoms with E-state index in [4.69, 9.17) is 9.26 Å². The number of ether oxygens (including phenoxy) is 1. The van der Waals surface area contributed by atoms with E-state index in [1.165, 1.54) is 0 Å². The lowest BCUT2D eigenvalue weighted by Crippen LogP contribution is -2.41. The zero-order valence-corrected chi connectivity index (χ0v) is 16.8. The van der Waals surface area contributed by atoms with Crippen LogP contribution >= 0.6 is 0 Å². The van der Waals surface area contributed by atoms with Crippen LogP contribution in [-0.4, -0.2) is 54.3 Å². The number of aromatic nitrogens is 2. The Bertz CT molecular complexity index is 685. The molecule has 2 aromatic rings. The van der Waals surface area contributed by atoms with Crippen LogP contribution in [0.1, 0.15) is 44.8 Å². The molecule has 27 heavy (non-hydrogen) atoms. The minimum absolute atomic E-state index is 0.285. The number of likely N-dealkylation sites (N-methyl/N-ethyl adjacent to an activating group) is 1. The molecule has 0 bridgehead atoms. The Morgan fingerprint density at radius 3 is 2.74 bits per heavy atom. The molecule has 1 aromatic carbocycles. The van der Waals surface area contributed by atoms with E-state index in [2.05, 4.69) is 46.1 Å². The summed E-state index contributed by atoms with van der Waals surface area (Å²) in [4.78, 5) is 11.2. The molecule has 0 saturated carbocycles. The molecule has 2 rings (SSSR count). The highest BCUT2D eigenvalue weighted by Gasteiger charge is 2.09. The van der Waals surface area contributed by atoms with E-state index in [1.807, 2.05) is 37.4 Å². The van der Waals surface area contributed by atoms with Crippen LogP contribution in [0, 0.1) is 0 Å². The van der Waals surface area contributed by atoms with Crippen LogP contribution in [0.15, 0.2) is 39.8 Å². The standard InChI is InChI=1S/C20H31N5O2/c1-5-21-20(25(4)14-15-26-17-10-7-6-8-11-17)22-13-9-12-18-23-19(16(2)3)24-27-18/h6-8,10-11,16H,5,9,12-15H2,1-4H3,(H,21,22). The van der Waals surface area contributed by atoms with Gasteiger partial charge in [0, 0.05) is 32.5 Å². The van der Waals surface area contributed by atoms with Gasteiger partial charge in [-0.25, -0.2) is 0 Å². The third kappa shape index (κ3) is 7.29. The lowest BCUT2D eigenvalue weighted by atomic mass is 10.2. The number of rotatable bonds is 10. The van der Waals surface area contributed by atoms with Gasteiger partial charge in [0.25, 0.3) is 0 Å². The van der Waals surface area contributed by atoms with Gasteiger partial charge in [-0.15, -0.1) is 0 Å². The van der Waals surface area contributed by atoms with Crippen LogP contribution in [0.5, 0.6) is 5.75 Å². The van der Waals surface area contributed by atoms with Gasteiger partial charge in [-0.05, 0) is 25.5 Å². The summed E-state index contributed by atoms with van der Waals surface area (Å²) in [6.45, 7) is 9.05. The Labute approximate surface area is 161 Å². The summed E-state index contributed by atoms with van der Waals surface area (Å²) >= 11 is 0. The first kappa shape index (κ1) is 20.7. The second kappa shape index (κ2) is 11.2. The van der Waals surface area contributed by atoms with Crippen LogP contribution in [0.3, 0.4) is 0 Å². The maximum Gasteiger partial charge on any atom is 0.226 e. The highest BCUT2D eigenvalue weighted by Crippen LogP contribution is 2.10. The van der Waals surface area contributed by atoms with Crippen molar-refractivity contribution in [3.63, 3.8) is 0 Å². The Morgan fingerprint density at radius 1 is 1.30 bits per heavy atom. The van der Waals surface area contributed by atoms with Crippen molar-refractivity contribution >= 4 is 5.96 Å². The number of aliphatic imine (C=N–C) groups is 1. The number of nitrogens with one attached hydrogen (secondary N) is 1. The van der Waals surface area contributed by atoms with E-state index >= 15 is 0 Å². The summed E-state index contributed by atoms with van der Waals surface area (Å²) < 4.78 is 11.0. The number of benzene rings is 1. The fourth-order valence-electron chi connectivity index (χ4n) is 2.41. The summed E-state index contributed by atoms with van der Waals surface area (Å²) in [6.07, 6.45) is 1.60. The Hall–Kier alpha value is -2.57. The summed E-state index contributed by atoms with van der Waals surface area (Å²) in [5.41, 5.74) is 0. The lowest BCUT2D eigenvalue weighted by Gasteiger charge is -2.22. The van der Waals surface area contributed by atoms with E-state index in [9.17, 15) is 0 Å². The molecule has 0 saturated heterocycles. The molecule has 0 atom stereocenters. The molecule has 0 aliphatic heterocycles. The molecule has 7 heteroatoms. The fraction of sp³-hybridized carbons (Fsp3) is 0.550. The monoisotopic (exact) mass is 373 g/mol. The van der Waals surface area contributed by atoms with Gasteiger partial charge in [-0.2, -0.15) is 4.98 Å². The second-order valence-corrected chi connectivity index (χ2v) is 6.62. The summed E-state index contributed by atoms with van der Waals surface area (Å²) in [5.74, 6) is 3.49. The van der Waals surface area contributed by atoms with Crippen molar-refractivity contribution in [3.8, 4) is 5.75 Å². The van der Waals surface area contributed by atoms with E-state index in [0.29, 0.717) is 19.0 Å². The predicted octanol–water partition coefficient (Wildman–Crippen LogP) is 3.10. The molecule has 148 valence electrons. The molecule has 1 N–H and O–H groups in total. The topological polar surface area (TPSA) is 75.8 Å². The quantitative estimate of drug-likeness (QED) is 0.392. The van der Waals surface area contributed by atoms with Crippen molar-refractivity contribution in [2.75, 3.05) is 33.3 Å². The third-order valence-corrected chi connectivity index (χ3v) is 3.95. The summed E-state index contributed by atoms with van der Waals surface area (Å²) in [6, 6.07) is 9.84.